The maximum atomic E-state index is 12.8. The second-order valence-electron chi connectivity index (χ2n) is 7.86. The van der Waals surface area contributed by atoms with E-state index >= 15 is 0 Å². The highest BCUT2D eigenvalue weighted by Gasteiger charge is 2.20. The molecule has 0 saturated heterocycles. The van der Waals surface area contributed by atoms with Crippen LogP contribution in [-0.4, -0.2) is 51.9 Å². The molecule has 0 atom stereocenters. The Morgan fingerprint density at radius 3 is 2.24 bits per heavy atom. The third-order valence-corrected chi connectivity index (χ3v) is 6.68. The molecule has 1 aliphatic rings. The molecule has 0 unspecified atom stereocenters. The molecule has 1 aromatic rings. The molecule has 1 saturated carbocycles. The number of carbonyl (C=O) groups excluding carboxylic acids is 1. The van der Waals surface area contributed by atoms with Crippen LogP contribution in [0.5, 0.6) is 0 Å². The van der Waals surface area contributed by atoms with Gasteiger partial charge in [-0.25, -0.2) is 13.6 Å². The van der Waals surface area contributed by atoms with Crippen molar-refractivity contribution in [2.45, 2.75) is 69.7 Å². The first-order chi connectivity index (χ1) is 13.8. The lowest BCUT2D eigenvalue weighted by Crippen LogP contribution is -2.38. The number of sulfonamides is 1. The summed E-state index contributed by atoms with van der Waals surface area (Å²) >= 11 is 0. The summed E-state index contributed by atoms with van der Waals surface area (Å²) in [5.41, 5.74) is 1.28. The molecule has 3 N–H and O–H groups in total. The number of rotatable bonds is 8. The van der Waals surface area contributed by atoms with Crippen LogP contribution >= 0.6 is 0 Å². The maximum Gasteiger partial charge on any atom is 0.238 e. The van der Waals surface area contributed by atoms with Crippen LogP contribution in [0.3, 0.4) is 0 Å². The molecule has 1 aliphatic carbocycles. The van der Waals surface area contributed by atoms with E-state index in [4.69, 9.17) is 5.14 Å². The van der Waals surface area contributed by atoms with Crippen molar-refractivity contribution in [2.75, 3.05) is 36.9 Å². The van der Waals surface area contributed by atoms with Gasteiger partial charge in [-0.05, 0) is 51.9 Å². The Morgan fingerprint density at radius 2 is 1.69 bits per heavy atom. The van der Waals surface area contributed by atoms with Gasteiger partial charge in [0.2, 0.25) is 15.9 Å². The Hall–Kier alpha value is -1.64. The number of nitrogens with two attached hydrogens (primary N) is 1. The highest BCUT2D eigenvalue weighted by molar-refractivity contribution is 7.89. The zero-order valence-corrected chi connectivity index (χ0v) is 18.8. The fraction of sp³-hybridized carbons (Fsp3) is 0.667. The molecule has 8 heteroatoms. The van der Waals surface area contributed by atoms with E-state index in [1.54, 1.807) is 6.07 Å². The zero-order valence-electron chi connectivity index (χ0n) is 18.0. The second kappa shape index (κ2) is 10.9. The van der Waals surface area contributed by atoms with Crippen LogP contribution in [0.4, 0.5) is 11.4 Å². The molecule has 1 fully saturated rings. The lowest BCUT2D eigenvalue weighted by molar-refractivity contribution is -0.117. The third kappa shape index (κ3) is 6.97. The minimum Gasteiger partial charge on any atom is -0.370 e. The lowest BCUT2D eigenvalue weighted by atomic mass is 9.96. The second-order valence-corrected chi connectivity index (χ2v) is 9.42. The van der Waals surface area contributed by atoms with Gasteiger partial charge >= 0.3 is 0 Å². The summed E-state index contributed by atoms with van der Waals surface area (Å²) in [6.07, 6.45) is 8.50. The van der Waals surface area contributed by atoms with Gasteiger partial charge in [0.25, 0.3) is 0 Å². The summed E-state index contributed by atoms with van der Waals surface area (Å²) in [7, 11) is -1.85. The number of likely N-dealkylation sites (N-methyl/N-ethyl adjacent to an activating group) is 1. The lowest BCUT2D eigenvalue weighted by Gasteiger charge is -2.29. The molecule has 0 spiro atoms. The van der Waals surface area contributed by atoms with E-state index < -0.39 is 10.0 Å². The Labute approximate surface area is 175 Å². The third-order valence-electron chi connectivity index (χ3n) is 5.77. The summed E-state index contributed by atoms with van der Waals surface area (Å²) in [6, 6.07) is 5.07. The van der Waals surface area contributed by atoms with Gasteiger partial charge in [0, 0.05) is 19.1 Å². The molecule has 7 nitrogen and oxygen atoms in total. The van der Waals surface area contributed by atoms with E-state index in [9.17, 15) is 13.2 Å². The van der Waals surface area contributed by atoms with Gasteiger partial charge in [-0.15, -0.1) is 0 Å². The Bertz CT molecular complexity index is 770. The first-order valence-electron chi connectivity index (χ1n) is 10.7. The van der Waals surface area contributed by atoms with Crippen molar-refractivity contribution in [1.29, 1.82) is 0 Å². The van der Waals surface area contributed by atoms with Crippen LogP contribution in [0.2, 0.25) is 0 Å². The predicted molar refractivity (Wildman–Crippen MR) is 119 cm³/mol. The minimum atomic E-state index is -3.84. The number of hydrogen-bond donors (Lipinski definition) is 2. The Morgan fingerprint density at radius 1 is 1.10 bits per heavy atom. The monoisotopic (exact) mass is 424 g/mol. The van der Waals surface area contributed by atoms with Crippen molar-refractivity contribution < 1.29 is 13.2 Å². The predicted octanol–water partition coefficient (Wildman–Crippen LogP) is 3.16. The van der Waals surface area contributed by atoms with E-state index in [0.29, 0.717) is 11.7 Å². The van der Waals surface area contributed by atoms with Crippen LogP contribution in [0, 0.1) is 0 Å². The van der Waals surface area contributed by atoms with Gasteiger partial charge in [0.1, 0.15) is 0 Å². The van der Waals surface area contributed by atoms with Crippen LogP contribution in [0.15, 0.2) is 23.1 Å². The van der Waals surface area contributed by atoms with Crippen molar-refractivity contribution in [3.8, 4) is 0 Å². The van der Waals surface area contributed by atoms with Crippen LogP contribution in [0.1, 0.15) is 58.8 Å². The summed E-state index contributed by atoms with van der Waals surface area (Å²) in [5.74, 6) is -0.144. The normalized spacial score (nSPS) is 16.3. The quantitative estimate of drug-likeness (QED) is 0.668. The van der Waals surface area contributed by atoms with E-state index in [1.807, 2.05) is 20.9 Å². The smallest absolute Gasteiger partial charge is 0.238 e. The molecular formula is C21H36N4O3S. The van der Waals surface area contributed by atoms with E-state index in [2.05, 4.69) is 15.1 Å². The summed E-state index contributed by atoms with van der Waals surface area (Å²) in [5, 5.41) is 8.22. The van der Waals surface area contributed by atoms with E-state index in [0.717, 1.165) is 31.6 Å². The summed E-state index contributed by atoms with van der Waals surface area (Å²) in [6.45, 7) is 5.81. The fourth-order valence-electron chi connectivity index (χ4n) is 4.05. The number of amides is 1. The largest absolute Gasteiger partial charge is 0.370 e. The SMILES string of the molecule is CCN(CC)c1ccc(S(N)(=O)=O)cc1NC(=O)CN(C)C1CCCCCCC1. The fourth-order valence-corrected chi connectivity index (χ4v) is 4.59. The first kappa shape index (κ1) is 23.6. The number of nitrogens with one attached hydrogen (secondary N) is 1. The van der Waals surface area contributed by atoms with Gasteiger partial charge in [0.05, 0.1) is 22.8 Å². The standard InChI is InChI=1S/C21H36N4O3S/c1-4-25(5-2)20-14-13-18(29(22,27)28)15-19(20)23-21(26)16-24(3)17-11-9-7-6-8-10-12-17/h13-15,17H,4-12,16H2,1-3H3,(H,23,26)(H2,22,27,28). The molecular weight excluding hydrogens is 388 g/mol. The number of hydrogen-bond acceptors (Lipinski definition) is 5. The first-order valence-corrected chi connectivity index (χ1v) is 12.2. The summed E-state index contributed by atoms with van der Waals surface area (Å²) in [4.78, 5) is 17.0. The zero-order chi connectivity index (χ0) is 21.4. The Balaban J connectivity index is 2.16. The Kier molecular flexibility index (Phi) is 8.92. The van der Waals surface area contributed by atoms with Gasteiger partial charge in [-0.3, -0.25) is 9.69 Å². The van der Waals surface area contributed by atoms with Crippen LogP contribution in [0.25, 0.3) is 0 Å². The van der Waals surface area contributed by atoms with E-state index in [-0.39, 0.29) is 17.3 Å². The molecule has 0 aliphatic heterocycles. The molecule has 2 rings (SSSR count). The van der Waals surface area contributed by atoms with Crippen LogP contribution in [-0.2, 0) is 14.8 Å². The number of carbonyl (C=O) groups is 1. The number of primary sulfonamides is 1. The average molecular weight is 425 g/mol. The molecule has 0 radical (unpaired) electrons. The van der Waals surface area contributed by atoms with Gasteiger partial charge in [0.15, 0.2) is 0 Å². The molecule has 1 aromatic carbocycles. The topological polar surface area (TPSA) is 95.7 Å². The van der Waals surface area contributed by atoms with Crippen LogP contribution < -0.4 is 15.4 Å². The number of nitrogens with zero attached hydrogens (tertiary/aromatic N) is 2. The van der Waals surface area contributed by atoms with Gasteiger partial charge in [-0.2, -0.15) is 0 Å². The molecule has 1 amide bonds. The highest BCUT2D eigenvalue weighted by Crippen LogP contribution is 2.29. The molecule has 29 heavy (non-hydrogen) atoms. The minimum absolute atomic E-state index is 0.00270. The average Bonchev–Trinajstić information content (AvgIpc) is 2.62. The molecule has 0 aromatic heterocycles. The van der Waals surface area contributed by atoms with Crippen molar-refractivity contribution >= 4 is 27.3 Å². The number of anilines is 2. The summed E-state index contributed by atoms with van der Waals surface area (Å²) < 4.78 is 23.6. The van der Waals surface area contributed by atoms with Crippen molar-refractivity contribution in [3.05, 3.63) is 18.2 Å². The number of benzene rings is 1. The molecule has 0 bridgehead atoms. The van der Waals surface area contributed by atoms with E-state index in [1.165, 1.54) is 44.2 Å². The van der Waals surface area contributed by atoms with Crippen molar-refractivity contribution in [3.63, 3.8) is 0 Å². The van der Waals surface area contributed by atoms with Crippen molar-refractivity contribution in [2.24, 2.45) is 5.14 Å². The van der Waals surface area contributed by atoms with Crippen molar-refractivity contribution in [1.82, 2.24) is 4.90 Å². The molecule has 164 valence electrons. The van der Waals surface area contributed by atoms with Gasteiger partial charge in [-0.1, -0.05) is 32.1 Å². The van der Waals surface area contributed by atoms with Gasteiger partial charge < -0.3 is 10.2 Å². The molecule has 0 heterocycles. The highest BCUT2D eigenvalue weighted by atomic mass is 32.2. The maximum absolute atomic E-state index is 12.8.